The van der Waals surface area contributed by atoms with Crippen molar-refractivity contribution in [3.8, 4) is 0 Å². The molecule has 6 heteroatoms. The van der Waals surface area contributed by atoms with Crippen molar-refractivity contribution in [2.75, 3.05) is 6.54 Å². The summed E-state index contributed by atoms with van der Waals surface area (Å²) in [5.74, 6) is -1.00. The van der Waals surface area contributed by atoms with Gasteiger partial charge < -0.3 is 15.2 Å². The number of rotatable bonds is 4. The van der Waals surface area contributed by atoms with Gasteiger partial charge in [0, 0.05) is 19.1 Å². The van der Waals surface area contributed by atoms with Gasteiger partial charge in [0.15, 0.2) is 0 Å². The monoisotopic (exact) mass is 320 g/mol. The lowest BCUT2D eigenvalue weighted by Gasteiger charge is -2.26. The summed E-state index contributed by atoms with van der Waals surface area (Å²) in [7, 11) is 0. The molecule has 1 heterocycles. The fourth-order valence-electron chi connectivity index (χ4n) is 2.60. The van der Waals surface area contributed by atoms with E-state index in [0.717, 1.165) is 5.56 Å². The number of carboxylic acid groups (broad SMARTS) is 1. The van der Waals surface area contributed by atoms with Crippen LogP contribution >= 0.6 is 0 Å². The SMILES string of the molecule is CC(C)(C)OC(=O)N1CC(NCc2ccccc2)CC1C(=O)O. The number of benzene rings is 1. The van der Waals surface area contributed by atoms with Gasteiger partial charge in [-0.3, -0.25) is 4.90 Å². The van der Waals surface area contributed by atoms with E-state index in [9.17, 15) is 14.7 Å². The Morgan fingerprint density at radius 2 is 1.96 bits per heavy atom. The molecule has 0 bridgehead atoms. The molecule has 0 radical (unpaired) electrons. The van der Waals surface area contributed by atoms with Gasteiger partial charge in [-0.2, -0.15) is 0 Å². The first-order valence-corrected chi connectivity index (χ1v) is 7.76. The number of nitrogens with zero attached hydrogens (tertiary/aromatic N) is 1. The minimum absolute atomic E-state index is 0.0659. The highest BCUT2D eigenvalue weighted by Gasteiger charge is 2.41. The minimum Gasteiger partial charge on any atom is -0.480 e. The molecule has 1 aromatic carbocycles. The Bertz CT molecular complexity index is 553. The Hall–Kier alpha value is -2.08. The summed E-state index contributed by atoms with van der Waals surface area (Å²) in [5, 5.41) is 12.7. The third-order valence-corrected chi connectivity index (χ3v) is 3.65. The predicted molar refractivity (Wildman–Crippen MR) is 86.1 cm³/mol. The van der Waals surface area contributed by atoms with Gasteiger partial charge >= 0.3 is 12.1 Å². The zero-order valence-corrected chi connectivity index (χ0v) is 13.8. The minimum atomic E-state index is -1.00. The number of carbonyl (C=O) groups excluding carboxylic acids is 1. The van der Waals surface area contributed by atoms with Crippen LogP contribution in [0.4, 0.5) is 4.79 Å². The summed E-state index contributed by atoms with van der Waals surface area (Å²) in [6.45, 7) is 6.27. The van der Waals surface area contributed by atoms with Gasteiger partial charge in [-0.1, -0.05) is 30.3 Å². The first-order chi connectivity index (χ1) is 10.8. The van der Waals surface area contributed by atoms with Crippen molar-refractivity contribution in [1.29, 1.82) is 0 Å². The molecule has 1 aliphatic heterocycles. The Kier molecular flexibility index (Phi) is 5.26. The molecular formula is C17H24N2O4. The zero-order valence-electron chi connectivity index (χ0n) is 13.8. The van der Waals surface area contributed by atoms with Crippen LogP contribution in [0.2, 0.25) is 0 Å². The summed E-state index contributed by atoms with van der Waals surface area (Å²) in [6, 6.07) is 8.95. The average molecular weight is 320 g/mol. The first-order valence-electron chi connectivity index (χ1n) is 7.76. The number of carbonyl (C=O) groups is 2. The topological polar surface area (TPSA) is 78.9 Å². The molecule has 2 atom stereocenters. The van der Waals surface area contributed by atoms with Crippen molar-refractivity contribution in [2.24, 2.45) is 0 Å². The van der Waals surface area contributed by atoms with E-state index in [0.29, 0.717) is 19.5 Å². The number of nitrogens with one attached hydrogen (secondary N) is 1. The average Bonchev–Trinajstić information content (AvgIpc) is 2.89. The van der Waals surface area contributed by atoms with Crippen molar-refractivity contribution in [3.05, 3.63) is 35.9 Å². The van der Waals surface area contributed by atoms with Crippen LogP contribution in [0.3, 0.4) is 0 Å². The fourth-order valence-corrected chi connectivity index (χ4v) is 2.60. The van der Waals surface area contributed by atoms with E-state index >= 15 is 0 Å². The number of carboxylic acids is 1. The molecule has 1 saturated heterocycles. The van der Waals surface area contributed by atoms with Crippen molar-refractivity contribution in [1.82, 2.24) is 10.2 Å². The molecule has 0 aromatic heterocycles. The van der Waals surface area contributed by atoms with E-state index in [4.69, 9.17) is 4.74 Å². The van der Waals surface area contributed by atoms with Gasteiger partial charge in [0.2, 0.25) is 0 Å². The Labute approximate surface area is 136 Å². The molecule has 0 spiro atoms. The van der Waals surface area contributed by atoms with E-state index in [1.807, 2.05) is 30.3 Å². The van der Waals surface area contributed by atoms with Crippen LogP contribution in [0.15, 0.2) is 30.3 Å². The lowest BCUT2D eigenvalue weighted by molar-refractivity contribution is -0.142. The number of amides is 1. The van der Waals surface area contributed by atoms with Crippen LogP contribution in [0.1, 0.15) is 32.8 Å². The lowest BCUT2D eigenvalue weighted by atomic mass is 10.1. The predicted octanol–water partition coefficient (Wildman–Crippen LogP) is 2.24. The van der Waals surface area contributed by atoms with Gasteiger partial charge in [-0.15, -0.1) is 0 Å². The maximum absolute atomic E-state index is 12.2. The van der Waals surface area contributed by atoms with Gasteiger partial charge in [-0.05, 0) is 32.8 Å². The maximum atomic E-state index is 12.2. The highest BCUT2D eigenvalue weighted by Crippen LogP contribution is 2.22. The van der Waals surface area contributed by atoms with Crippen LogP contribution in [0, 0.1) is 0 Å². The van der Waals surface area contributed by atoms with E-state index in [-0.39, 0.29) is 6.04 Å². The van der Waals surface area contributed by atoms with E-state index in [2.05, 4.69) is 5.32 Å². The Morgan fingerprint density at radius 1 is 1.30 bits per heavy atom. The normalized spacial score (nSPS) is 21.3. The maximum Gasteiger partial charge on any atom is 0.411 e. The molecule has 23 heavy (non-hydrogen) atoms. The number of likely N-dealkylation sites (tertiary alicyclic amines) is 1. The number of ether oxygens (including phenoxy) is 1. The van der Waals surface area contributed by atoms with Crippen molar-refractivity contribution < 1.29 is 19.4 Å². The molecule has 0 aliphatic carbocycles. The van der Waals surface area contributed by atoms with Crippen LogP contribution < -0.4 is 5.32 Å². The molecule has 126 valence electrons. The third-order valence-electron chi connectivity index (χ3n) is 3.65. The summed E-state index contributed by atoms with van der Waals surface area (Å²) in [5.41, 5.74) is 0.477. The Balaban J connectivity index is 1.97. The van der Waals surface area contributed by atoms with Crippen molar-refractivity contribution >= 4 is 12.1 Å². The largest absolute Gasteiger partial charge is 0.480 e. The molecule has 1 fully saturated rings. The van der Waals surface area contributed by atoms with E-state index in [1.165, 1.54) is 4.90 Å². The summed E-state index contributed by atoms with van der Waals surface area (Å²) < 4.78 is 5.31. The summed E-state index contributed by atoms with van der Waals surface area (Å²) >= 11 is 0. The number of aliphatic carboxylic acids is 1. The molecule has 6 nitrogen and oxygen atoms in total. The van der Waals surface area contributed by atoms with Gasteiger partial charge in [-0.25, -0.2) is 9.59 Å². The van der Waals surface area contributed by atoms with Crippen LogP contribution in [0.5, 0.6) is 0 Å². The summed E-state index contributed by atoms with van der Waals surface area (Å²) in [6.07, 6.45) is -0.199. The fraction of sp³-hybridized carbons (Fsp3) is 0.529. The second-order valence-electron chi connectivity index (χ2n) is 6.79. The molecule has 2 N–H and O–H groups in total. The quantitative estimate of drug-likeness (QED) is 0.889. The standard InChI is InChI=1S/C17H24N2O4/c1-17(2,3)23-16(22)19-11-13(9-14(19)15(20)21)18-10-12-7-5-4-6-8-12/h4-8,13-14,18H,9-11H2,1-3H3,(H,20,21). The van der Waals surface area contributed by atoms with Crippen molar-refractivity contribution in [3.63, 3.8) is 0 Å². The number of hydrogen-bond donors (Lipinski definition) is 2. The smallest absolute Gasteiger partial charge is 0.411 e. The van der Waals surface area contributed by atoms with E-state index in [1.54, 1.807) is 20.8 Å². The molecule has 0 saturated carbocycles. The van der Waals surface area contributed by atoms with Crippen LogP contribution in [0.25, 0.3) is 0 Å². The Morgan fingerprint density at radius 3 is 2.52 bits per heavy atom. The zero-order chi connectivity index (χ0) is 17.0. The van der Waals surface area contributed by atoms with Crippen LogP contribution in [-0.4, -0.2) is 46.3 Å². The highest BCUT2D eigenvalue weighted by molar-refractivity contribution is 5.81. The van der Waals surface area contributed by atoms with E-state index < -0.39 is 23.7 Å². The van der Waals surface area contributed by atoms with Gasteiger partial charge in [0.05, 0.1) is 0 Å². The van der Waals surface area contributed by atoms with Gasteiger partial charge in [0.25, 0.3) is 0 Å². The van der Waals surface area contributed by atoms with Crippen molar-refractivity contribution in [2.45, 2.75) is 51.4 Å². The van der Waals surface area contributed by atoms with Crippen LogP contribution in [-0.2, 0) is 16.1 Å². The number of hydrogen-bond acceptors (Lipinski definition) is 4. The third kappa shape index (κ3) is 4.96. The molecule has 2 rings (SSSR count). The van der Waals surface area contributed by atoms with Gasteiger partial charge in [0.1, 0.15) is 11.6 Å². The molecule has 1 aromatic rings. The summed E-state index contributed by atoms with van der Waals surface area (Å²) in [4.78, 5) is 24.9. The second kappa shape index (κ2) is 7.00. The molecular weight excluding hydrogens is 296 g/mol. The molecule has 1 amide bonds. The second-order valence-corrected chi connectivity index (χ2v) is 6.79. The molecule has 1 aliphatic rings. The molecule has 2 unspecified atom stereocenters. The lowest BCUT2D eigenvalue weighted by Crippen LogP contribution is -2.43. The highest BCUT2D eigenvalue weighted by atomic mass is 16.6. The first kappa shape index (κ1) is 17.3.